The van der Waals surface area contributed by atoms with E-state index in [9.17, 15) is 0 Å². The number of hydrogen-bond acceptors (Lipinski definition) is 1. The van der Waals surface area contributed by atoms with Crippen LogP contribution in [0.2, 0.25) is 0 Å². The molecule has 0 spiro atoms. The number of benzene rings is 5. The van der Waals surface area contributed by atoms with E-state index in [1.54, 1.807) is 0 Å². The molecule has 248 valence electrons. The van der Waals surface area contributed by atoms with Crippen molar-refractivity contribution >= 4 is 23.0 Å². The van der Waals surface area contributed by atoms with Crippen molar-refractivity contribution in [2.24, 2.45) is 0 Å². The summed E-state index contributed by atoms with van der Waals surface area (Å²) in [5.74, 6) is 0.144. The lowest BCUT2D eigenvalue weighted by Gasteiger charge is -2.28. The molecule has 1 heteroatoms. The van der Waals surface area contributed by atoms with E-state index in [1.807, 2.05) is 6.08 Å². The third kappa shape index (κ3) is 7.80. The molecule has 0 bridgehead atoms. The highest BCUT2D eigenvalue weighted by Crippen LogP contribution is 2.44. The van der Waals surface area contributed by atoms with Crippen LogP contribution in [0.15, 0.2) is 182 Å². The summed E-state index contributed by atoms with van der Waals surface area (Å²) >= 11 is 0. The highest BCUT2D eigenvalue weighted by atomic mass is 15.1. The Morgan fingerprint density at radius 1 is 0.820 bits per heavy atom. The van der Waals surface area contributed by atoms with Gasteiger partial charge in [-0.15, -0.1) is 0 Å². The fourth-order valence-corrected chi connectivity index (χ4v) is 7.06. The quantitative estimate of drug-likeness (QED) is 0.122. The molecule has 0 saturated carbocycles. The lowest BCUT2D eigenvalue weighted by Crippen LogP contribution is -2.12. The van der Waals surface area contributed by atoms with Crippen molar-refractivity contribution in [3.05, 3.63) is 216 Å². The molecule has 0 saturated heterocycles. The van der Waals surface area contributed by atoms with Crippen LogP contribution in [0.5, 0.6) is 0 Å². The molecule has 1 unspecified atom stereocenters. The maximum absolute atomic E-state index is 4.01. The van der Waals surface area contributed by atoms with E-state index in [0.29, 0.717) is 0 Å². The standard InChI is InChI=1S/C49H47N/c1-5-20-39(40-22-12-8-13-23-40)32-33-50(44-28-18-11-19-29-44)45-30-31-46(49(41-24-14-9-15-25-41)42-26-16-10-17-27-42)48(36-45)47-35-38(7-3)43(21-6-2)34-37(47)4/h5-6,8-16,18-26,28-36,49H,1,7,17,27H2,2-4H3/b21-6-,33-32-,39-20+. The SMILES string of the molecule is C=C/C=C(\C=C/N(c1ccccc1)c1ccc(C(C2=CC=CCC2)c2ccccc2)c(-c2cc(CC)c(/C=C\C)cc2C)c1)c1ccccc1. The molecule has 6 rings (SSSR count). The lowest BCUT2D eigenvalue weighted by atomic mass is 9.77. The van der Waals surface area contributed by atoms with Gasteiger partial charge in [-0.1, -0.05) is 159 Å². The minimum Gasteiger partial charge on any atom is -0.317 e. The highest BCUT2D eigenvalue weighted by Gasteiger charge is 2.25. The van der Waals surface area contributed by atoms with E-state index in [4.69, 9.17) is 0 Å². The largest absolute Gasteiger partial charge is 0.317 e. The van der Waals surface area contributed by atoms with Crippen LogP contribution in [0.1, 0.15) is 66.0 Å². The molecule has 0 heterocycles. The molecule has 0 radical (unpaired) electrons. The van der Waals surface area contributed by atoms with Crippen LogP contribution in [0, 0.1) is 6.92 Å². The van der Waals surface area contributed by atoms with Crippen molar-refractivity contribution in [1.29, 1.82) is 0 Å². The van der Waals surface area contributed by atoms with Gasteiger partial charge in [0.2, 0.25) is 0 Å². The highest BCUT2D eigenvalue weighted by molar-refractivity contribution is 5.82. The molecule has 0 fully saturated rings. The summed E-state index contributed by atoms with van der Waals surface area (Å²) in [5.41, 5.74) is 15.1. The molecule has 5 aromatic rings. The van der Waals surface area contributed by atoms with Crippen LogP contribution in [0.4, 0.5) is 11.4 Å². The molecule has 50 heavy (non-hydrogen) atoms. The van der Waals surface area contributed by atoms with Crippen molar-refractivity contribution in [1.82, 2.24) is 0 Å². The van der Waals surface area contributed by atoms with Gasteiger partial charge in [-0.2, -0.15) is 0 Å². The molecule has 1 aliphatic carbocycles. The first-order valence-corrected chi connectivity index (χ1v) is 17.8. The van der Waals surface area contributed by atoms with Crippen molar-refractivity contribution in [2.75, 3.05) is 4.90 Å². The second kappa shape index (κ2) is 16.6. The van der Waals surface area contributed by atoms with Gasteiger partial charge in [0.15, 0.2) is 0 Å². The number of aryl methyl sites for hydroxylation is 2. The Hall–Kier alpha value is -5.66. The minimum absolute atomic E-state index is 0.144. The molecule has 0 N–H and O–H groups in total. The van der Waals surface area contributed by atoms with Gasteiger partial charge in [-0.3, -0.25) is 0 Å². The van der Waals surface area contributed by atoms with Crippen LogP contribution in [-0.2, 0) is 6.42 Å². The molecule has 0 aromatic heterocycles. The van der Waals surface area contributed by atoms with Crippen LogP contribution in [-0.4, -0.2) is 0 Å². The van der Waals surface area contributed by atoms with Crippen LogP contribution >= 0.6 is 0 Å². The summed E-state index contributed by atoms with van der Waals surface area (Å²) in [6.07, 6.45) is 22.6. The van der Waals surface area contributed by atoms with Crippen molar-refractivity contribution in [3.8, 4) is 11.1 Å². The number of nitrogens with zero attached hydrogens (tertiary/aromatic N) is 1. The molecular weight excluding hydrogens is 603 g/mol. The fraction of sp³-hybridized carbons (Fsp3) is 0.143. The first-order chi connectivity index (χ1) is 24.6. The monoisotopic (exact) mass is 649 g/mol. The van der Waals surface area contributed by atoms with Gasteiger partial charge in [-0.05, 0) is 114 Å². The van der Waals surface area contributed by atoms with Crippen molar-refractivity contribution < 1.29 is 0 Å². The van der Waals surface area contributed by atoms with Gasteiger partial charge >= 0.3 is 0 Å². The van der Waals surface area contributed by atoms with Gasteiger partial charge < -0.3 is 4.90 Å². The van der Waals surface area contributed by atoms with E-state index in [0.717, 1.165) is 41.8 Å². The summed E-state index contributed by atoms with van der Waals surface area (Å²) in [5, 5.41) is 0. The molecule has 0 aliphatic heterocycles. The van der Waals surface area contributed by atoms with Gasteiger partial charge in [0.05, 0.1) is 0 Å². The molecular formula is C49H47N. The topological polar surface area (TPSA) is 3.24 Å². The zero-order chi connectivity index (χ0) is 34.7. The van der Waals surface area contributed by atoms with Gasteiger partial charge in [0.25, 0.3) is 0 Å². The molecule has 5 aromatic carbocycles. The van der Waals surface area contributed by atoms with E-state index >= 15 is 0 Å². The van der Waals surface area contributed by atoms with Crippen LogP contribution in [0.3, 0.4) is 0 Å². The zero-order valence-corrected chi connectivity index (χ0v) is 29.6. The smallest absolute Gasteiger partial charge is 0.0461 e. The average molecular weight is 650 g/mol. The van der Waals surface area contributed by atoms with Gasteiger partial charge in [0, 0.05) is 23.5 Å². The predicted molar refractivity (Wildman–Crippen MR) is 218 cm³/mol. The number of rotatable bonds is 12. The summed E-state index contributed by atoms with van der Waals surface area (Å²) < 4.78 is 0. The molecule has 0 amide bonds. The number of hydrogen-bond donors (Lipinski definition) is 0. The molecule has 1 atom stereocenters. The van der Waals surface area contributed by atoms with E-state index in [2.05, 4.69) is 202 Å². The Bertz CT molecular complexity index is 2060. The maximum atomic E-state index is 4.01. The van der Waals surface area contributed by atoms with Crippen LogP contribution in [0.25, 0.3) is 22.8 Å². The first kappa shape index (κ1) is 34.2. The first-order valence-electron chi connectivity index (χ1n) is 17.8. The van der Waals surface area contributed by atoms with Gasteiger partial charge in [-0.25, -0.2) is 0 Å². The van der Waals surface area contributed by atoms with Crippen LogP contribution < -0.4 is 4.90 Å². The zero-order valence-electron chi connectivity index (χ0n) is 29.6. The summed E-state index contributed by atoms with van der Waals surface area (Å²) in [6, 6.07) is 44.1. The Morgan fingerprint density at radius 3 is 2.20 bits per heavy atom. The predicted octanol–water partition coefficient (Wildman–Crippen LogP) is 13.6. The lowest BCUT2D eigenvalue weighted by molar-refractivity contribution is 0.832. The molecule has 1 aliphatic rings. The second-order valence-corrected chi connectivity index (χ2v) is 12.8. The summed E-state index contributed by atoms with van der Waals surface area (Å²) in [6.45, 7) is 10.6. The van der Waals surface area contributed by atoms with Crippen molar-refractivity contribution in [2.45, 2.75) is 46.0 Å². The summed E-state index contributed by atoms with van der Waals surface area (Å²) in [7, 11) is 0. The Balaban J connectivity index is 1.59. The third-order valence-corrected chi connectivity index (χ3v) is 9.52. The van der Waals surface area contributed by atoms with Gasteiger partial charge in [0.1, 0.15) is 0 Å². The fourth-order valence-electron chi connectivity index (χ4n) is 7.06. The maximum Gasteiger partial charge on any atom is 0.0461 e. The second-order valence-electron chi connectivity index (χ2n) is 12.8. The average Bonchev–Trinajstić information content (AvgIpc) is 3.17. The van der Waals surface area contributed by atoms with E-state index in [1.165, 1.54) is 44.5 Å². The van der Waals surface area contributed by atoms with Crippen molar-refractivity contribution in [3.63, 3.8) is 0 Å². The Kier molecular flexibility index (Phi) is 11.4. The Morgan fingerprint density at radius 2 is 1.54 bits per heavy atom. The number of anilines is 2. The third-order valence-electron chi connectivity index (χ3n) is 9.52. The summed E-state index contributed by atoms with van der Waals surface area (Å²) in [4.78, 5) is 2.30. The Labute approximate surface area is 299 Å². The number of para-hydroxylation sites is 1. The number of allylic oxidation sites excluding steroid dienone is 9. The van der Waals surface area contributed by atoms with E-state index in [-0.39, 0.29) is 5.92 Å². The normalized spacial score (nSPS) is 13.8. The molecule has 1 nitrogen and oxygen atoms in total. The minimum atomic E-state index is 0.144. The van der Waals surface area contributed by atoms with E-state index < -0.39 is 0 Å².